The summed E-state index contributed by atoms with van der Waals surface area (Å²) in [5.74, 6) is 0.858. The molecule has 0 saturated heterocycles. The van der Waals surface area contributed by atoms with Crippen LogP contribution in [0, 0.1) is 13.8 Å². The van der Waals surface area contributed by atoms with E-state index in [1.54, 1.807) is 11.3 Å². The van der Waals surface area contributed by atoms with E-state index in [2.05, 4.69) is 36.6 Å². The molecule has 3 nitrogen and oxygen atoms in total. The molecule has 2 aromatic rings. The Balaban J connectivity index is 2.04. The number of halogens is 1. The van der Waals surface area contributed by atoms with Crippen LogP contribution in [0.2, 0.25) is 0 Å². The highest BCUT2D eigenvalue weighted by Gasteiger charge is 2.02. The van der Waals surface area contributed by atoms with E-state index < -0.39 is 0 Å². The number of thiazole rings is 1. The Bertz CT molecular complexity index is 496. The van der Waals surface area contributed by atoms with E-state index >= 15 is 0 Å². The van der Waals surface area contributed by atoms with Crippen LogP contribution in [-0.4, -0.2) is 9.97 Å². The Morgan fingerprint density at radius 3 is 2.88 bits per heavy atom. The Morgan fingerprint density at radius 2 is 2.25 bits per heavy atom. The van der Waals surface area contributed by atoms with Gasteiger partial charge in [0, 0.05) is 11.6 Å². The molecule has 5 heteroatoms. The molecule has 0 aliphatic heterocycles. The summed E-state index contributed by atoms with van der Waals surface area (Å²) in [4.78, 5) is 8.70. The zero-order chi connectivity index (χ0) is 11.5. The molecule has 1 N–H and O–H groups in total. The van der Waals surface area contributed by atoms with Gasteiger partial charge >= 0.3 is 0 Å². The van der Waals surface area contributed by atoms with Gasteiger partial charge in [-0.3, -0.25) is 0 Å². The van der Waals surface area contributed by atoms with E-state index in [-0.39, 0.29) is 0 Å². The summed E-state index contributed by atoms with van der Waals surface area (Å²) in [5.41, 5.74) is 2.19. The normalized spacial score (nSPS) is 10.4. The van der Waals surface area contributed by atoms with Gasteiger partial charge in [-0.25, -0.2) is 9.97 Å². The van der Waals surface area contributed by atoms with Gasteiger partial charge < -0.3 is 5.32 Å². The lowest BCUT2D eigenvalue weighted by atomic mass is 10.3. The quantitative estimate of drug-likeness (QED) is 0.942. The SMILES string of the molecule is Cc1cnc(NCc2csc(C)n2)c(Br)c1. The number of aryl methyl sites for hydroxylation is 2. The molecule has 0 aromatic carbocycles. The molecule has 0 unspecified atom stereocenters. The summed E-state index contributed by atoms with van der Waals surface area (Å²) in [5, 5.41) is 6.41. The van der Waals surface area contributed by atoms with Gasteiger partial charge in [-0.05, 0) is 41.4 Å². The first kappa shape index (κ1) is 11.5. The summed E-state index contributed by atoms with van der Waals surface area (Å²) in [6, 6.07) is 2.04. The molecule has 0 saturated carbocycles. The minimum atomic E-state index is 0.707. The van der Waals surface area contributed by atoms with Gasteiger partial charge in [0.15, 0.2) is 0 Å². The second-order valence-corrected chi connectivity index (χ2v) is 5.47. The molecule has 0 bridgehead atoms. The van der Waals surface area contributed by atoms with E-state index in [0.29, 0.717) is 6.54 Å². The monoisotopic (exact) mass is 297 g/mol. The lowest BCUT2D eigenvalue weighted by Gasteiger charge is -2.06. The number of nitrogens with one attached hydrogen (secondary N) is 1. The molecule has 0 spiro atoms. The van der Waals surface area contributed by atoms with Crippen LogP contribution in [0.25, 0.3) is 0 Å². The van der Waals surface area contributed by atoms with Gasteiger partial charge in [0.2, 0.25) is 0 Å². The molecule has 0 amide bonds. The molecule has 0 fully saturated rings. The average molecular weight is 298 g/mol. The van der Waals surface area contributed by atoms with E-state index in [1.807, 2.05) is 26.1 Å². The highest BCUT2D eigenvalue weighted by Crippen LogP contribution is 2.21. The maximum atomic E-state index is 4.39. The predicted molar refractivity (Wildman–Crippen MR) is 70.9 cm³/mol. The van der Waals surface area contributed by atoms with Crippen LogP contribution in [0.4, 0.5) is 5.82 Å². The van der Waals surface area contributed by atoms with Crippen LogP contribution < -0.4 is 5.32 Å². The van der Waals surface area contributed by atoms with Gasteiger partial charge in [-0.1, -0.05) is 0 Å². The molecule has 16 heavy (non-hydrogen) atoms. The first-order chi connectivity index (χ1) is 7.65. The second kappa shape index (κ2) is 4.93. The fourth-order valence-electron chi connectivity index (χ4n) is 1.33. The van der Waals surface area contributed by atoms with Crippen LogP contribution in [-0.2, 0) is 6.54 Å². The Kier molecular flexibility index (Phi) is 3.56. The number of aromatic nitrogens is 2. The number of hydrogen-bond acceptors (Lipinski definition) is 4. The zero-order valence-electron chi connectivity index (χ0n) is 9.12. The molecule has 0 atom stereocenters. The predicted octanol–water partition coefficient (Wildman–Crippen LogP) is 3.53. The minimum absolute atomic E-state index is 0.707. The van der Waals surface area contributed by atoms with Crippen LogP contribution in [0.3, 0.4) is 0 Å². The molecule has 0 aliphatic carbocycles. The smallest absolute Gasteiger partial charge is 0.140 e. The summed E-state index contributed by atoms with van der Waals surface area (Å²) < 4.78 is 0.986. The highest BCUT2D eigenvalue weighted by molar-refractivity contribution is 9.10. The number of pyridine rings is 1. The third-order valence-corrected chi connectivity index (χ3v) is 3.51. The molecule has 0 radical (unpaired) electrons. The molecule has 2 rings (SSSR count). The molecular formula is C11H12BrN3S. The van der Waals surface area contributed by atoms with Gasteiger partial charge in [-0.2, -0.15) is 0 Å². The highest BCUT2D eigenvalue weighted by atomic mass is 79.9. The van der Waals surface area contributed by atoms with Crippen molar-refractivity contribution in [3.05, 3.63) is 38.4 Å². The van der Waals surface area contributed by atoms with Crippen LogP contribution >= 0.6 is 27.3 Å². The van der Waals surface area contributed by atoms with Gasteiger partial charge in [0.1, 0.15) is 5.82 Å². The van der Waals surface area contributed by atoms with E-state index in [9.17, 15) is 0 Å². The van der Waals surface area contributed by atoms with Crippen molar-refractivity contribution >= 4 is 33.1 Å². The van der Waals surface area contributed by atoms with Crippen molar-refractivity contribution in [3.63, 3.8) is 0 Å². The summed E-state index contributed by atoms with van der Waals surface area (Å²) in [6.07, 6.45) is 1.85. The van der Waals surface area contributed by atoms with Crippen LogP contribution in [0.15, 0.2) is 22.1 Å². The molecule has 84 valence electrons. The van der Waals surface area contributed by atoms with Gasteiger partial charge in [-0.15, -0.1) is 11.3 Å². The Labute approximate surface area is 107 Å². The number of nitrogens with zero attached hydrogens (tertiary/aromatic N) is 2. The third-order valence-electron chi connectivity index (χ3n) is 2.08. The first-order valence-corrected chi connectivity index (χ1v) is 6.59. The fraction of sp³-hybridized carbons (Fsp3) is 0.273. The lowest BCUT2D eigenvalue weighted by Crippen LogP contribution is -2.02. The van der Waals surface area contributed by atoms with Crippen molar-refractivity contribution in [1.29, 1.82) is 0 Å². The third kappa shape index (κ3) is 2.80. The number of rotatable bonds is 3. The van der Waals surface area contributed by atoms with E-state index in [1.165, 1.54) is 0 Å². The standard InChI is InChI=1S/C11H12BrN3S/c1-7-3-10(12)11(13-4-7)14-5-9-6-16-8(2)15-9/h3-4,6H,5H2,1-2H3,(H,13,14). The van der Waals surface area contributed by atoms with Crippen molar-refractivity contribution in [2.24, 2.45) is 0 Å². The van der Waals surface area contributed by atoms with Crippen molar-refractivity contribution in [2.45, 2.75) is 20.4 Å². The minimum Gasteiger partial charge on any atom is -0.363 e. The largest absolute Gasteiger partial charge is 0.363 e. The van der Waals surface area contributed by atoms with Crippen LogP contribution in [0.5, 0.6) is 0 Å². The van der Waals surface area contributed by atoms with Gasteiger partial charge in [0.25, 0.3) is 0 Å². The zero-order valence-corrected chi connectivity index (χ0v) is 11.5. The molecule has 2 heterocycles. The van der Waals surface area contributed by atoms with Crippen molar-refractivity contribution in [3.8, 4) is 0 Å². The molecular weight excluding hydrogens is 286 g/mol. The van der Waals surface area contributed by atoms with Crippen molar-refractivity contribution < 1.29 is 0 Å². The molecule has 2 aromatic heterocycles. The van der Waals surface area contributed by atoms with Gasteiger partial charge in [0.05, 0.1) is 21.7 Å². The van der Waals surface area contributed by atoms with Crippen molar-refractivity contribution in [1.82, 2.24) is 9.97 Å². The maximum Gasteiger partial charge on any atom is 0.140 e. The summed E-state index contributed by atoms with van der Waals surface area (Å²) >= 11 is 5.15. The topological polar surface area (TPSA) is 37.8 Å². The van der Waals surface area contributed by atoms with E-state index in [4.69, 9.17) is 0 Å². The average Bonchev–Trinajstić information content (AvgIpc) is 2.63. The molecule has 0 aliphatic rings. The maximum absolute atomic E-state index is 4.39. The van der Waals surface area contributed by atoms with E-state index in [0.717, 1.165) is 26.6 Å². The Hall–Kier alpha value is -0.940. The van der Waals surface area contributed by atoms with Crippen LogP contribution in [0.1, 0.15) is 16.3 Å². The fourth-order valence-corrected chi connectivity index (χ4v) is 2.54. The number of anilines is 1. The van der Waals surface area contributed by atoms with Crippen molar-refractivity contribution in [2.75, 3.05) is 5.32 Å². The first-order valence-electron chi connectivity index (χ1n) is 4.92. The summed E-state index contributed by atoms with van der Waals surface area (Å²) in [7, 11) is 0. The number of hydrogen-bond donors (Lipinski definition) is 1. The lowest BCUT2D eigenvalue weighted by molar-refractivity contribution is 1.03. The Morgan fingerprint density at radius 1 is 1.44 bits per heavy atom. The summed E-state index contributed by atoms with van der Waals surface area (Å²) in [6.45, 7) is 4.73. The second-order valence-electron chi connectivity index (χ2n) is 3.55.